The van der Waals surface area contributed by atoms with Gasteiger partial charge in [0.05, 0.1) is 13.2 Å². The number of nitrogens with one attached hydrogen (secondary N) is 2. The number of nitrogens with zero attached hydrogens (tertiary/aromatic N) is 1. The molecule has 2 aromatic carbocycles. The Labute approximate surface area is 157 Å². The first-order valence-corrected chi connectivity index (χ1v) is 8.80. The Kier molecular flexibility index (Phi) is 6.35. The number of carbonyl (C=O) groups is 2. The van der Waals surface area contributed by atoms with Gasteiger partial charge in [-0.15, -0.1) is 0 Å². The van der Waals surface area contributed by atoms with Crippen molar-refractivity contribution in [1.29, 1.82) is 0 Å². The van der Waals surface area contributed by atoms with E-state index in [2.05, 4.69) is 15.6 Å². The highest BCUT2D eigenvalue weighted by Crippen LogP contribution is 2.22. The second kappa shape index (κ2) is 9.33. The van der Waals surface area contributed by atoms with Crippen molar-refractivity contribution in [2.24, 2.45) is 0 Å². The molecule has 3 rings (SSSR count). The molecule has 0 fully saturated rings. The minimum atomic E-state index is -0.266. The monoisotopic (exact) mass is 363 g/mol. The zero-order valence-corrected chi connectivity index (χ0v) is 14.9. The summed E-state index contributed by atoms with van der Waals surface area (Å²) in [7, 11) is 0. The maximum atomic E-state index is 11.9. The normalized spacial score (nSPS) is 10.4. The molecule has 0 unspecified atom stereocenters. The summed E-state index contributed by atoms with van der Waals surface area (Å²) in [6.07, 6.45) is 2.39. The lowest BCUT2D eigenvalue weighted by Gasteiger charge is -2.09. The van der Waals surface area contributed by atoms with Crippen molar-refractivity contribution in [3.05, 3.63) is 72.4 Å². The molecule has 0 bridgehead atoms. The molecule has 0 spiro atoms. The predicted octanol–water partition coefficient (Wildman–Crippen LogP) is 2.55. The molecule has 1 heterocycles. The number of para-hydroxylation sites is 1. The first-order valence-electron chi connectivity index (χ1n) is 8.80. The largest absolute Gasteiger partial charge is 0.491 e. The Morgan fingerprint density at radius 3 is 2.59 bits per heavy atom. The Balaban J connectivity index is 1.35. The van der Waals surface area contributed by atoms with Crippen LogP contribution in [0, 0.1) is 0 Å². The first kappa shape index (κ1) is 18.4. The highest BCUT2D eigenvalue weighted by molar-refractivity contribution is 5.96. The van der Waals surface area contributed by atoms with Crippen LogP contribution in [0.4, 0.5) is 0 Å². The summed E-state index contributed by atoms with van der Waals surface area (Å²) < 4.78 is 5.77. The Morgan fingerprint density at radius 2 is 1.74 bits per heavy atom. The molecule has 6 heteroatoms. The molecule has 27 heavy (non-hydrogen) atoms. The molecule has 3 aromatic rings. The third kappa shape index (κ3) is 5.28. The van der Waals surface area contributed by atoms with Gasteiger partial charge >= 0.3 is 0 Å². The van der Waals surface area contributed by atoms with Gasteiger partial charge in [0.2, 0.25) is 5.91 Å². The number of amides is 2. The van der Waals surface area contributed by atoms with Crippen LogP contribution in [0.15, 0.2) is 66.9 Å². The van der Waals surface area contributed by atoms with E-state index in [1.165, 1.54) is 0 Å². The second-order valence-corrected chi connectivity index (χ2v) is 5.93. The standard InChI is InChI=1S/C21H21N3O3/c25-19(15-24-21(26)17-7-2-1-3-8-17)22-13-6-14-27-18-11-4-9-16-10-5-12-23-20(16)18/h1-5,7-12H,6,13-15H2,(H,22,25)(H,24,26). The van der Waals surface area contributed by atoms with E-state index in [1.54, 1.807) is 30.5 Å². The van der Waals surface area contributed by atoms with Crippen LogP contribution in [0.5, 0.6) is 5.75 Å². The average molecular weight is 363 g/mol. The van der Waals surface area contributed by atoms with Crippen LogP contribution in [-0.2, 0) is 4.79 Å². The Morgan fingerprint density at radius 1 is 0.926 bits per heavy atom. The molecule has 1 aromatic heterocycles. The van der Waals surface area contributed by atoms with Crippen LogP contribution in [0.25, 0.3) is 10.9 Å². The maximum absolute atomic E-state index is 11.9. The van der Waals surface area contributed by atoms with Gasteiger partial charge in [0.1, 0.15) is 11.3 Å². The van der Waals surface area contributed by atoms with Crippen LogP contribution in [0.1, 0.15) is 16.8 Å². The zero-order chi connectivity index (χ0) is 18.9. The minimum absolute atomic E-state index is 0.0537. The van der Waals surface area contributed by atoms with E-state index in [9.17, 15) is 9.59 Å². The smallest absolute Gasteiger partial charge is 0.251 e. The predicted molar refractivity (Wildman–Crippen MR) is 104 cm³/mol. The van der Waals surface area contributed by atoms with E-state index in [-0.39, 0.29) is 18.4 Å². The number of benzene rings is 2. The number of rotatable bonds is 8. The molecule has 0 aliphatic heterocycles. The van der Waals surface area contributed by atoms with E-state index in [1.807, 2.05) is 36.4 Å². The Bertz CT molecular complexity index is 907. The number of fused-ring (bicyclic) bond motifs is 1. The molecule has 0 aliphatic carbocycles. The minimum Gasteiger partial charge on any atom is -0.491 e. The van der Waals surface area contributed by atoms with Gasteiger partial charge < -0.3 is 15.4 Å². The van der Waals surface area contributed by atoms with Crippen molar-refractivity contribution in [2.75, 3.05) is 19.7 Å². The molecule has 6 nitrogen and oxygen atoms in total. The van der Waals surface area contributed by atoms with Gasteiger partial charge in [-0.25, -0.2) is 0 Å². The molecule has 0 radical (unpaired) electrons. The van der Waals surface area contributed by atoms with Gasteiger partial charge in [0.25, 0.3) is 5.91 Å². The number of hydrogen-bond donors (Lipinski definition) is 2. The number of carbonyl (C=O) groups excluding carboxylic acids is 2. The summed E-state index contributed by atoms with van der Waals surface area (Å²) in [5, 5.41) is 6.38. The molecule has 2 amide bonds. The van der Waals surface area contributed by atoms with Crippen molar-refractivity contribution in [3.8, 4) is 5.75 Å². The Hall–Kier alpha value is -3.41. The van der Waals surface area contributed by atoms with Gasteiger partial charge in [-0.05, 0) is 30.7 Å². The fourth-order valence-corrected chi connectivity index (χ4v) is 2.59. The molecule has 2 N–H and O–H groups in total. The summed E-state index contributed by atoms with van der Waals surface area (Å²) in [5.74, 6) is 0.234. The van der Waals surface area contributed by atoms with Crippen molar-refractivity contribution in [2.45, 2.75) is 6.42 Å². The SMILES string of the molecule is O=C(CNC(=O)c1ccccc1)NCCCOc1cccc2cccnc12. The topological polar surface area (TPSA) is 80.3 Å². The summed E-state index contributed by atoms with van der Waals surface area (Å²) in [5.41, 5.74) is 1.36. The lowest BCUT2D eigenvalue weighted by Crippen LogP contribution is -2.37. The zero-order valence-electron chi connectivity index (χ0n) is 14.9. The van der Waals surface area contributed by atoms with Gasteiger partial charge in [-0.2, -0.15) is 0 Å². The summed E-state index contributed by atoms with van der Waals surface area (Å²) in [4.78, 5) is 28.0. The lowest BCUT2D eigenvalue weighted by atomic mass is 10.2. The summed E-state index contributed by atoms with van der Waals surface area (Å²) in [6, 6.07) is 18.5. The van der Waals surface area contributed by atoms with Crippen molar-refractivity contribution in [3.63, 3.8) is 0 Å². The van der Waals surface area contributed by atoms with Crippen molar-refractivity contribution in [1.82, 2.24) is 15.6 Å². The molecule has 0 atom stereocenters. The summed E-state index contributed by atoms with van der Waals surface area (Å²) >= 11 is 0. The highest BCUT2D eigenvalue weighted by atomic mass is 16.5. The maximum Gasteiger partial charge on any atom is 0.251 e. The van der Waals surface area contributed by atoms with E-state index in [0.29, 0.717) is 25.1 Å². The van der Waals surface area contributed by atoms with Crippen molar-refractivity contribution < 1.29 is 14.3 Å². The molecule has 138 valence electrons. The third-order valence-electron chi connectivity index (χ3n) is 3.94. The fraction of sp³-hybridized carbons (Fsp3) is 0.190. The van der Waals surface area contributed by atoms with E-state index >= 15 is 0 Å². The van der Waals surface area contributed by atoms with Gasteiger partial charge in [-0.3, -0.25) is 14.6 Å². The van der Waals surface area contributed by atoms with Crippen molar-refractivity contribution >= 4 is 22.7 Å². The molecular formula is C21H21N3O3. The first-order chi connectivity index (χ1) is 13.2. The van der Waals surface area contributed by atoms with E-state index < -0.39 is 0 Å². The number of aromatic nitrogens is 1. The quantitative estimate of drug-likeness (QED) is 0.603. The van der Waals surface area contributed by atoms with Crippen LogP contribution >= 0.6 is 0 Å². The van der Waals surface area contributed by atoms with Gasteiger partial charge in [0, 0.05) is 23.7 Å². The van der Waals surface area contributed by atoms with Gasteiger partial charge in [-0.1, -0.05) is 36.4 Å². The van der Waals surface area contributed by atoms with Crippen LogP contribution in [-0.4, -0.2) is 36.5 Å². The molecule has 0 saturated carbocycles. The highest BCUT2D eigenvalue weighted by Gasteiger charge is 2.07. The fourth-order valence-electron chi connectivity index (χ4n) is 2.59. The van der Waals surface area contributed by atoms with Crippen LogP contribution in [0.3, 0.4) is 0 Å². The third-order valence-corrected chi connectivity index (χ3v) is 3.94. The molecule has 0 saturated heterocycles. The summed E-state index contributed by atoms with van der Waals surface area (Å²) in [6.45, 7) is 0.881. The van der Waals surface area contributed by atoms with Gasteiger partial charge in [0.15, 0.2) is 0 Å². The van der Waals surface area contributed by atoms with E-state index in [4.69, 9.17) is 4.74 Å². The number of ether oxygens (including phenoxy) is 1. The van der Waals surface area contributed by atoms with Crippen LogP contribution in [0.2, 0.25) is 0 Å². The molecule has 0 aliphatic rings. The molecular weight excluding hydrogens is 342 g/mol. The second-order valence-electron chi connectivity index (χ2n) is 5.93. The average Bonchev–Trinajstić information content (AvgIpc) is 2.72. The number of pyridine rings is 1. The van der Waals surface area contributed by atoms with E-state index in [0.717, 1.165) is 16.7 Å². The lowest BCUT2D eigenvalue weighted by molar-refractivity contribution is -0.120. The van der Waals surface area contributed by atoms with Crippen LogP contribution < -0.4 is 15.4 Å². The number of hydrogen-bond acceptors (Lipinski definition) is 4.